The minimum absolute atomic E-state index is 0. The normalized spacial score (nSPS) is 19.9. The van der Waals surface area contributed by atoms with Crippen LogP contribution in [0.2, 0.25) is 5.15 Å². The third kappa shape index (κ3) is 4.07. The molecule has 2 rings (SSSR count). The molecule has 1 amide bonds. The highest BCUT2D eigenvalue weighted by Gasteiger charge is 2.34. The van der Waals surface area contributed by atoms with E-state index in [1.54, 1.807) is 0 Å². The molecule has 2 heterocycles. The summed E-state index contributed by atoms with van der Waals surface area (Å²) in [5.74, 6) is -0.359. The number of amides is 1. The maximum atomic E-state index is 12.1. The number of nitrogens with one attached hydrogen (secondary N) is 1. The van der Waals surface area contributed by atoms with Gasteiger partial charge < -0.3 is 45.2 Å². The first-order valence-electron chi connectivity index (χ1n) is 6.50. The maximum absolute atomic E-state index is 12.1. The molecule has 1 saturated heterocycles. The summed E-state index contributed by atoms with van der Waals surface area (Å²) in [4.78, 5) is 19.8. The van der Waals surface area contributed by atoms with Gasteiger partial charge in [-0.15, -0.1) is 0 Å². The summed E-state index contributed by atoms with van der Waals surface area (Å²) < 4.78 is 0.907. The Balaban J connectivity index is 0.00000220. The molecule has 1 aliphatic heterocycles. The van der Waals surface area contributed by atoms with Crippen molar-refractivity contribution in [1.82, 2.24) is 15.3 Å². The molecule has 0 bridgehead atoms. The highest BCUT2D eigenvalue weighted by Crippen LogP contribution is 2.22. The summed E-state index contributed by atoms with van der Waals surface area (Å²) in [6, 6.07) is 0.400. The highest BCUT2D eigenvalue weighted by atomic mass is 127. The monoisotopic (exact) mass is 426 g/mol. The van der Waals surface area contributed by atoms with Gasteiger partial charge in [-0.25, -0.2) is 9.97 Å². The molecule has 1 aromatic heterocycles. The van der Waals surface area contributed by atoms with Crippen LogP contribution >= 0.6 is 11.6 Å². The van der Waals surface area contributed by atoms with Crippen molar-refractivity contribution in [2.75, 3.05) is 38.7 Å². The first-order chi connectivity index (χ1) is 9.31. The first-order valence-corrected chi connectivity index (χ1v) is 6.88. The molecule has 1 aliphatic rings. The van der Waals surface area contributed by atoms with E-state index in [2.05, 4.69) is 29.4 Å². The number of carbonyl (C=O) groups is 1. The number of hydrogen-bond donors (Lipinski definition) is 3. The second kappa shape index (κ2) is 6.93. The van der Waals surface area contributed by atoms with Crippen LogP contribution in [0.5, 0.6) is 0 Å². The van der Waals surface area contributed by atoms with E-state index in [-0.39, 0.29) is 52.4 Å². The Morgan fingerprint density at radius 2 is 2.05 bits per heavy atom. The zero-order valence-electron chi connectivity index (χ0n) is 12.1. The van der Waals surface area contributed by atoms with Gasteiger partial charge in [0.2, 0.25) is 0 Å². The van der Waals surface area contributed by atoms with Crippen molar-refractivity contribution in [2.24, 2.45) is 0 Å². The number of aromatic nitrogens is 2. The van der Waals surface area contributed by atoms with Gasteiger partial charge in [0, 0.05) is 12.8 Å². The van der Waals surface area contributed by atoms with Crippen LogP contribution in [-0.4, -0.2) is 53.6 Å². The number of halogens is 2. The Kier molecular flexibility index (Phi) is 6.00. The van der Waals surface area contributed by atoms with E-state index in [1.807, 2.05) is 0 Å². The molecule has 118 valence electrons. The summed E-state index contributed by atoms with van der Waals surface area (Å²) in [7, 11) is 4.33. The average Bonchev–Trinajstić information content (AvgIpc) is 2.70. The number of nitrogens with two attached hydrogens (primary N) is 2. The topological polar surface area (TPSA) is 107 Å². The van der Waals surface area contributed by atoms with Crippen molar-refractivity contribution in [1.29, 1.82) is 0 Å². The summed E-state index contributed by atoms with van der Waals surface area (Å²) in [6.07, 6.45) is 2.26. The Morgan fingerprint density at radius 1 is 1.38 bits per heavy atom. The molecule has 1 aromatic rings. The molecular weight excluding hydrogens is 407 g/mol. The number of carbonyl (C=O) groups excluding carboxylic acids is 1. The van der Waals surface area contributed by atoms with Crippen molar-refractivity contribution in [3.8, 4) is 0 Å². The van der Waals surface area contributed by atoms with Crippen LogP contribution in [0.25, 0.3) is 0 Å². The second-order valence-corrected chi connectivity index (χ2v) is 6.00. The van der Waals surface area contributed by atoms with E-state index in [4.69, 9.17) is 23.1 Å². The van der Waals surface area contributed by atoms with E-state index < -0.39 is 0 Å². The van der Waals surface area contributed by atoms with E-state index in [9.17, 15) is 4.79 Å². The quantitative estimate of drug-likeness (QED) is 0.359. The smallest absolute Gasteiger partial charge is 0.274 e. The fraction of sp³-hybridized carbons (Fsp3) is 0.583. The predicted octanol–water partition coefficient (Wildman–Crippen LogP) is -2.73. The molecule has 5 N–H and O–H groups in total. The minimum Gasteiger partial charge on any atom is -1.00 e. The molecule has 0 saturated carbocycles. The van der Waals surface area contributed by atoms with Crippen LogP contribution in [-0.2, 0) is 0 Å². The molecule has 7 nitrogen and oxygen atoms in total. The number of nitrogen functional groups attached to an aromatic ring is 2. The summed E-state index contributed by atoms with van der Waals surface area (Å²) in [6.45, 7) is 1.70. The van der Waals surface area contributed by atoms with Gasteiger partial charge in [0.1, 0.15) is 6.04 Å². The SMILES string of the molecule is C[N+]1(C)CCC[C@H]1CNC(=O)c1nc(Cl)c(N)nc1N.[I-]. The number of nitrogens with zero attached hydrogens (tertiary/aromatic N) is 3. The van der Waals surface area contributed by atoms with E-state index in [0.717, 1.165) is 17.4 Å². The molecular formula is C12H20ClIN6O. The number of hydrogen-bond acceptors (Lipinski definition) is 5. The van der Waals surface area contributed by atoms with Crippen molar-refractivity contribution in [3.05, 3.63) is 10.8 Å². The number of quaternary nitrogens is 1. The molecule has 9 heteroatoms. The van der Waals surface area contributed by atoms with Gasteiger partial charge in [-0.3, -0.25) is 4.79 Å². The van der Waals surface area contributed by atoms with Gasteiger partial charge in [-0.05, 0) is 0 Å². The van der Waals surface area contributed by atoms with Crippen molar-refractivity contribution in [2.45, 2.75) is 18.9 Å². The molecule has 21 heavy (non-hydrogen) atoms. The molecule has 0 aliphatic carbocycles. The number of anilines is 2. The van der Waals surface area contributed by atoms with Crippen LogP contribution in [0.1, 0.15) is 23.3 Å². The van der Waals surface area contributed by atoms with Crippen LogP contribution in [0.3, 0.4) is 0 Å². The zero-order valence-corrected chi connectivity index (χ0v) is 15.0. The lowest BCUT2D eigenvalue weighted by Gasteiger charge is -2.31. The molecule has 0 unspecified atom stereocenters. The third-order valence-corrected chi connectivity index (χ3v) is 4.16. The number of rotatable bonds is 3. The van der Waals surface area contributed by atoms with Crippen LogP contribution in [0.15, 0.2) is 0 Å². The molecule has 0 aromatic carbocycles. The van der Waals surface area contributed by atoms with Crippen LogP contribution in [0, 0.1) is 0 Å². The molecule has 1 fully saturated rings. The highest BCUT2D eigenvalue weighted by molar-refractivity contribution is 6.31. The Bertz CT molecular complexity index is 539. The Morgan fingerprint density at radius 3 is 2.62 bits per heavy atom. The number of likely N-dealkylation sites (N-methyl/N-ethyl adjacent to an activating group) is 1. The van der Waals surface area contributed by atoms with Gasteiger partial charge in [0.15, 0.2) is 22.5 Å². The minimum atomic E-state index is -0.371. The summed E-state index contributed by atoms with van der Waals surface area (Å²) in [5.41, 5.74) is 11.2. The van der Waals surface area contributed by atoms with Gasteiger partial charge in [-0.2, -0.15) is 0 Å². The van der Waals surface area contributed by atoms with Crippen LogP contribution in [0.4, 0.5) is 11.6 Å². The summed E-state index contributed by atoms with van der Waals surface area (Å²) >= 11 is 5.77. The second-order valence-electron chi connectivity index (χ2n) is 5.64. The summed E-state index contributed by atoms with van der Waals surface area (Å²) in [5, 5.41) is 2.83. The maximum Gasteiger partial charge on any atom is 0.274 e. The van der Waals surface area contributed by atoms with Crippen molar-refractivity contribution < 1.29 is 33.3 Å². The lowest BCUT2D eigenvalue weighted by molar-refractivity contribution is -0.900. The lowest BCUT2D eigenvalue weighted by Crippen LogP contribution is -3.00. The van der Waals surface area contributed by atoms with E-state index in [1.165, 1.54) is 6.42 Å². The zero-order chi connectivity index (χ0) is 14.9. The Hall–Kier alpha value is -0.870. The fourth-order valence-electron chi connectivity index (χ4n) is 2.52. The van der Waals surface area contributed by atoms with Crippen molar-refractivity contribution >= 4 is 29.1 Å². The van der Waals surface area contributed by atoms with E-state index >= 15 is 0 Å². The first kappa shape index (κ1) is 18.2. The third-order valence-electron chi connectivity index (χ3n) is 3.88. The van der Waals surface area contributed by atoms with Gasteiger partial charge in [0.25, 0.3) is 5.91 Å². The average molecular weight is 427 g/mol. The molecule has 1 atom stereocenters. The van der Waals surface area contributed by atoms with E-state index in [0.29, 0.717) is 12.6 Å². The number of likely N-dealkylation sites (tertiary alicyclic amines) is 1. The largest absolute Gasteiger partial charge is 1.00 e. The standard InChI is InChI=1S/C12H19ClN6O.HI/c1-19(2)5-3-4-7(19)6-16-12(20)8-10(14)18-11(15)9(13)17-8;/h7H,3-6H2,1-2H3,(H4-,14,15,16,18,20);1H/t7-;/m0./s1. The van der Waals surface area contributed by atoms with Crippen LogP contribution < -0.4 is 40.8 Å². The van der Waals surface area contributed by atoms with Gasteiger partial charge >= 0.3 is 0 Å². The molecule has 0 radical (unpaired) electrons. The van der Waals surface area contributed by atoms with Gasteiger partial charge in [-0.1, -0.05) is 11.6 Å². The lowest BCUT2D eigenvalue weighted by atomic mass is 10.2. The van der Waals surface area contributed by atoms with Gasteiger partial charge in [0.05, 0.1) is 27.2 Å². The fourth-order valence-corrected chi connectivity index (χ4v) is 2.65. The Labute approximate surface area is 146 Å². The van der Waals surface area contributed by atoms with Crippen molar-refractivity contribution in [3.63, 3.8) is 0 Å². The predicted molar refractivity (Wildman–Crippen MR) is 78.2 cm³/mol. The molecule has 0 spiro atoms.